The van der Waals surface area contributed by atoms with Gasteiger partial charge in [-0.3, -0.25) is 4.79 Å². The third-order valence-electron chi connectivity index (χ3n) is 3.86. The first-order valence-corrected chi connectivity index (χ1v) is 8.50. The minimum Gasteiger partial charge on any atom is -0.388 e. The average molecular weight is 357 g/mol. The number of rotatable bonds is 7. The van der Waals surface area contributed by atoms with Crippen molar-refractivity contribution in [3.8, 4) is 0 Å². The molecule has 0 spiro atoms. The zero-order valence-electron chi connectivity index (χ0n) is 13.9. The summed E-state index contributed by atoms with van der Waals surface area (Å²) in [5.74, 6) is -0.200. The van der Waals surface area contributed by atoms with Crippen LogP contribution >= 0.6 is 11.6 Å². The first-order valence-electron chi connectivity index (χ1n) is 8.13. The molecule has 24 heavy (non-hydrogen) atoms. The summed E-state index contributed by atoms with van der Waals surface area (Å²) < 4.78 is 5.65. The Kier molecular flexibility index (Phi) is 7.01. The van der Waals surface area contributed by atoms with Crippen LogP contribution in [0.4, 0.5) is 0 Å². The lowest BCUT2D eigenvalue weighted by Gasteiger charge is -2.16. The molecule has 7 heteroatoms. The third-order valence-corrected chi connectivity index (χ3v) is 4.10. The molecule has 1 aromatic carbocycles. The summed E-state index contributed by atoms with van der Waals surface area (Å²) in [4.78, 5) is 11.8. The summed E-state index contributed by atoms with van der Waals surface area (Å²) >= 11 is 5.93. The van der Waals surface area contributed by atoms with Crippen molar-refractivity contribution in [1.82, 2.24) is 10.6 Å². The standard InChI is InChI=1S/C17H25ClN2O4/c1-10(2)20-15(21)7-13-16(22)17(23)14(24-13)9-19-8-11-4-3-5-12(18)6-11/h3-6,10,13-14,16-17,19,22-23H,7-9H2,1-2H3,(H,20,21). The van der Waals surface area contributed by atoms with Crippen LogP contribution in [0.3, 0.4) is 0 Å². The fourth-order valence-electron chi connectivity index (χ4n) is 2.73. The largest absolute Gasteiger partial charge is 0.388 e. The van der Waals surface area contributed by atoms with Gasteiger partial charge < -0.3 is 25.6 Å². The summed E-state index contributed by atoms with van der Waals surface area (Å²) in [6.07, 6.45) is -3.32. The topological polar surface area (TPSA) is 90.8 Å². The summed E-state index contributed by atoms with van der Waals surface area (Å²) in [7, 11) is 0. The van der Waals surface area contributed by atoms with Crippen LogP contribution < -0.4 is 10.6 Å². The monoisotopic (exact) mass is 356 g/mol. The van der Waals surface area contributed by atoms with Gasteiger partial charge in [0.25, 0.3) is 0 Å². The highest BCUT2D eigenvalue weighted by molar-refractivity contribution is 6.30. The molecule has 0 aromatic heterocycles. The van der Waals surface area contributed by atoms with E-state index in [0.717, 1.165) is 5.56 Å². The Balaban J connectivity index is 1.80. The molecule has 1 amide bonds. The van der Waals surface area contributed by atoms with E-state index in [2.05, 4.69) is 10.6 Å². The van der Waals surface area contributed by atoms with Crippen LogP contribution in [0, 0.1) is 0 Å². The Bertz CT molecular complexity index is 555. The molecule has 4 N–H and O–H groups in total. The van der Waals surface area contributed by atoms with Crippen LogP contribution in [0.15, 0.2) is 24.3 Å². The fourth-order valence-corrected chi connectivity index (χ4v) is 2.95. The molecule has 0 saturated carbocycles. The van der Waals surface area contributed by atoms with Gasteiger partial charge in [-0.15, -0.1) is 0 Å². The van der Waals surface area contributed by atoms with Crippen LogP contribution in [-0.4, -0.2) is 53.1 Å². The van der Waals surface area contributed by atoms with E-state index in [9.17, 15) is 15.0 Å². The number of halogens is 1. The molecular weight excluding hydrogens is 332 g/mol. The number of hydrogen-bond donors (Lipinski definition) is 4. The van der Waals surface area contributed by atoms with Gasteiger partial charge in [-0.1, -0.05) is 23.7 Å². The van der Waals surface area contributed by atoms with E-state index in [0.29, 0.717) is 18.1 Å². The number of aliphatic hydroxyl groups excluding tert-OH is 2. The molecular formula is C17H25ClN2O4. The number of benzene rings is 1. The molecule has 0 radical (unpaired) electrons. The number of nitrogens with one attached hydrogen (secondary N) is 2. The van der Waals surface area contributed by atoms with E-state index in [4.69, 9.17) is 16.3 Å². The zero-order chi connectivity index (χ0) is 17.7. The second kappa shape index (κ2) is 8.78. The summed E-state index contributed by atoms with van der Waals surface area (Å²) in [6, 6.07) is 7.49. The summed E-state index contributed by atoms with van der Waals surface area (Å²) in [6.45, 7) is 4.66. The Morgan fingerprint density at radius 1 is 1.29 bits per heavy atom. The lowest BCUT2D eigenvalue weighted by Crippen LogP contribution is -2.38. The molecule has 6 nitrogen and oxygen atoms in total. The molecule has 1 saturated heterocycles. The van der Waals surface area contributed by atoms with Crippen LogP contribution in [-0.2, 0) is 16.1 Å². The number of aliphatic hydroxyl groups is 2. The highest BCUT2D eigenvalue weighted by Crippen LogP contribution is 2.23. The number of ether oxygens (including phenoxy) is 1. The van der Waals surface area contributed by atoms with Crippen molar-refractivity contribution in [2.45, 2.75) is 57.3 Å². The molecule has 4 atom stereocenters. The fraction of sp³-hybridized carbons (Fsp3) is 0.588. The van der Waals surface area contributed by atoms with E-state index in [1.165, 1.54) is 0 Å². The van der Waals surface area contributed by atoms with Crippen LogP contribution in [0.2, 0.25) is 5.02 Å². The molecule has 134 valence electrons. The number of amides is 1. The van der Waals surface area contributed by atoms with E-state index in [1.54, 1.807) is 6.07 Å². The van der Waals surface area contributed by atoms with E-state index in [1.807, 2.05) is 32.0 Å². The molecule has 0 bridgehead atoms. The Morgan fingerprint density at radius 2 is 2.00 bits per heavy atom. The second-order valence-corrected chi connectivity index (χ2v) is 6.82. The first-order chi connectivity index (χ1) is 11.4. The highest BCUT2D eigenvalue weighted by atomic mass is 35.5. The predicted molar refractivity (Wildman–Crippen MR) is 91.7 cm³/mol. The molecule has 1 heterocycles. The maximum absolute atomic E-state index is 11.8. The Hall–Kier alpha value is -1.18. The Morgan fingerprint density at radius 3 is 2.67 bits per heavy atom. The SMILES string of the molecule is CC(C)NC(=O)CC1OC(CNCc2cccc(Cl)c2)C(O)C1O. The van der Waals surface area contributed by atoms with Gasteiger partial charge in [-0.05, 0) is 31.5 Å². The van der Waals surface area contributed by atoms with Gasteiger partial charge >= 0.3 is 0 Å². The molecule has 1 aliphatic rings. The second-order valence-electron chi connectivity index (χ2n) is 6.38. The van der Waals surface area contributed by atoms with Crippen molar-refractivity contribution in [2.24, 2.45) is 0 Å². The zero-order valence-corrected chi connectivity index (χ0v) is 14.7. The van der Waals surface area contributed by atoms with Gasteiger partial charge in [0.15, 0.2) is 0 Å². The average Bonchev–Trinajstić information content (AvgIpc) is 2.75. The number of carbonyl (C=O) groups is 1. The van der Waals surface area contributed by atoms with Gasteiger partial charge in [0, 0.05) is 24.2 Å². The van der Waals surface area contributed by atoms with Gasteiger partial charge in [-0.25, -0.2) is 0 Å². The van der Waals surface area contributed by atoms with Gasteiger partial charge in [-0.2, -0.15) is 0 Å². The van der Waals surface area contributed by atoms with Crippen LogP contribution in [0.1, 0.15) is 25.8 Å². The Labute approximate surface area is 147 Å². The summed E-state index contributed by atoms with van der Waals surface area (Å²) in [5.41, 5.74) is 1.02. The van der Waals surface area contributed by atoms with Gasteiger partial charge in [0.2, 0.25) is 5.91 Å². The molecule has 4 unspecified atom stereocenters. The van der Waals surface area contributed by atoms with Crippen molar-refractivity contribution < 1.29 is 19.7 Å². The quantitative estimate of drug-likeness (QED) is 0.581. The third kappa shape index (κ3) is 5.43. The lowest BCUT2D eigenvalue weighted by molar-refractivity contribution is -0.125. The van der Waals surface area contributed by atoms with Crippen LogP contribution in [0.5, 0.6) is 0 Å². The number of hydrogen-bond acceptors (Lipinski definition) is 5. The molecule has 1 aliphatic heterocycles. The van der Waals surface area contributed by atoms with E-state index >= 15 is 0 Å². The van der Waals surface area contributed by atoms with Gasteiger partial charge in [0.05, 0.1) is 18.6 Å². The molecule has 1 aromatic rings. The van der Waals surface area contributed by atoms with E-state index in [-0.39, 0.29) is 18.4 Å². The maximum Gasteiger partial charge on any atom is 0.222 e. The first kappa shape index (κ1) is 19.1. The normalized spacial score (nSPS) is 26.8. The van der Waals surface area contributed by atoms with Gasteiger partial charge in [0.1, 0.15) is 12.2 Å². The molecule has 1 fully saturated rings. The minimum atomic E-state index is -1.07. The van der Waals surface area contributed by atoms with E-state index < -0.39 is 24.4 Å². The van der Waals surface area contributed by atoms with Crippen molar-refractivity contribution in [3.05, 3.63) is 34.9 Å². The van der Waals surface area contributed by atoms with Crippen LogP contribution in [0.25, 0.3) is 0 Å². The summed E-state index contributed by atoms with van der Waals surface area (Å²) in [5, 5.41) is 26.7. The number of carbonyl (C=O) groups excluding carboxylic acids is 1. The van der Waals surface area contributed by atoms with Crippen molar-refractivity contribution in [1.29, 1.82) is 0 Å². The van der Waals surface area contributed by atoms with Crippen molar-refractivity contribution in [3.63, 3.8) is 0 Å². The maximum atomic E-state index is 11.8. The van der Waals surface area contributed by atoms with Crippen molar-refractivity contribution >= 4 is 17.5 Å². The predicted octanol–water partition coefficient (Wildman–Crippen LogP) is 0.833. The highest BCUT2D eigenvalue weighted by Gasteiger charge is 2.43. The minimum absolute atomic E-state index is 0.0242. The molecule has 2 rings (SSSR count). The molecule has 0 aliphatic carbocycles. The lowest BCUT2D eigenvalue weighted by atomic mass is 10.1. The smallest absolute Gasteiger partial charge is 0.222 e. The van der Waals surface area contributed by atoms with Crippen molar-refractivity contribution in [2.75, 3.05) is 6.54 Å².